The van der Waals surface area contributed by atoms with Gasteiger partial charge in [-0.1, -0.05) is 5.10 Å². The summed E-state index contributed by atoms with van der Waals surface area (Å²) < 4.78 is 9.90. The molecule has 0 aromatic carbocycles. The standard InChI is InChI=1S/C6H10N2O2/c1-4(2)9-6-5(3)10-8-7-6/h4H,1-3H3. The lowest BCUT2D eigenvalue weighted by Crippen LogP contribution is -2.06. The quantitative estimate of drug-likeness (QED) is 0.621. The lowest BCUT2D eigenvalue weighted by atomic mass is 10.5. The largest absolute Gasteiger partial charge is 0.471 e. The molecule has 0 aliphatic carbocycles. The third-order valence-corrected chi connectivity index (χ3v) is 0.958. The van der Waals surface area contributed by atoms with Gasteiger partial charge in [-0.15, -0.1) is 0 Å². The molecule has 0 spiro atoms. The fourth-order valence-electron chi connectivity index (χ4n) is 0.558. The van der Waals surface area contributed by atoms with Crippen LogP contribution in [0.3, 0.4) is 0 Å². The van der Waals surface area contributed by atoms with E-state index in [2.05, 4.69) is 14.9 Å². The van der Waals surface area contributed by atoms with Gasteiger partial charge >= 0.3 is 0 Å². The van der Waals surface area contributed by atoms with Crippen molar-refractivity contribution in [3.63, 3.8) is 0 Å². The van der Waals surface area contributed by atoms with Gasteiger partial charge in [0.05, 0.1) is 6.10 Å². The molecule has 0 saturated carbocycles. The lowest BCUT2D eigenvalue weighted by Gasteiger charge is -2.03. The molecule has 0 unspecified atom stereocenters. The van der Waals surface area contributed by atoms with Crippen molar-refractivity contribution in [2.45, 2.75) is 26.9 Å². The molecule has 56 valence electrons. The first kappa shape index (κ1) is 7.05. The number of aryl methyl sites for hydroxylation is 1. The summed E-state index contributed by atoms with van der Waals surface area (Å²) in [5.74, 6) is 1.10. The van der Waals surface area contributed by atoms with E-state index in [9.17, 15) is 0 Å². The number of rotatable bonds is 2. The first-order valence-corrected chi connectivity index (χ1v) is 3.15. The normalized spacial score (nSPS) is 10.4. The van der Waals surface area contributed by atoms with Crippen LogP contribution in [0.5, 0.6) is 5.88 Å². The third-order valence-electron chi connectivity index (χ3n) is 0.958. The Morgan fingerprint density at radius 1 is 1.50 bits per heavy atom. The third kappa shape index (κ3) is 1.46. The molecule has 10 heavy (non-hydrogen) atoms. The molecule has 1 aromatic heterocycles. The van der Waals surface area contributed by atoms with Crippen molar-refractivity contribution < 1.29 is 9.26 Å². The van der Waals surface area contributed by atoms with E-state index in [0.29, 0.717) is 11.6 Å². The summed E-state index contributed by atoms with van der Waals surface area (Å²) in [7, 11) is 0. The van der Waals surface area contributed by atoms with Crippen LogP contribution in [0.15, 0.2) is 4.52 Å². The van der Waals surface area contributed by atoms with Gasteiger partial charge in [-0.05, 0) is 13.8 Å². The number of ether oxygens (including phenoxy) is 1. The van der Waals surface area contributed by atoms with Crippen LogP contribution in [-0.2, 0) is 0 Å². The van der Waals surface area contributed by atoms with Crippen molar-refractivity contribution in [2.24, 2.45) is 0 Å². The molecule has 0 N–H and O–H groups in total. The van der Waals surface area contributed by atoms with E-state index in [4.69, 9.17) is 4.74 Å². The van der Waals surface area contributed by atoms with Crippen LogP contribution in [0.2, 0.25) is 0 Å². The lowest BCUT2D eigenvalue weighted by molar-refractivity contribution is 0.229. The van der Waals surface area contributed by atoms with E-state index in [-0.39, 0.29) is 6.10 Å². The second-order valence-electron chi connectivity index (χ2n) is 2.30. The molecule has 0 bridgehead atoms. The Labute approximate surface area is 59.2 Å². The number of hydrogen-bond acceptors (Lipinski definition) is 4. The predicted octanol–water partition coefficient (Wildman–Crippen LogP) is 1.17. The van der Waals surface area contributed by atoms with Gasteiger partial charge in [0.25, 0.3) is 5.88 Å². The average Bonchev–Trinajstić information content (AvgIpc) is 2.15. The van der Waals surface area contributed by atoms with E-state index in [0.717, 1.165) is 0 Å². The number of aromatic nitrogens is 2. The Balaban J connectivity index is 2.65. The van der Waals surface area contributed by atoms with Crippen molar-refractivity contribution >= 4 is 0 Å². The fourth-order valence-corrected chi connectivity index (χ4v) is 0.558. The van der Waals surface area contributed by atoms with E-state index < -0.39 is 0 Å². The predicted molar refractivity (Wildman–Crippen MR) is 34.8 cm³/mol. The molecule has 1 rings (SSSR count). The van der Waals surface area contributed by atoms with Crippen molar-refractivity contribution in [2.75, 3.05) is 0 Å². The SMILES string of the molecule is Cc1onnc1OC(C)C. The zero-order chi connectivity index (χ0) is 7.56. The maximum absolute atomic E-state index is 5.22. The van der Waals surface area contributed by atoms with Gasteiger partial charge in [0.2, 0.25) is 0 Å². The monoisotopic (exact) mass is 142 g/mol. The molecule has 1 heterocycles. The molecule has 0 atom stereocenters. The fraction of sp³-hybridized carbons (Fsp3) is 0.667. The highest BCUT2D eigenvalue weighted by Gasteiger charge is 2.06. The topological polar surface area (TPSA) is 48.2 Å². The first-order chi connectivity index (χ1) is 4.70. The van der Waals surface area contributed by atoms with Gasteiger partial charge in [-0.3, -0.25) is 0 Å². The van der Waals surface area contributed by atoms with E-state index in [1.807, 2.05) is 13.8 Å². The second-order valence-corrected chi connectivity index (χ2v) is 2.30. The van der Waals surface area contributed by atoms with Crippen LogP contribution in [0.4, 0.5) is 0 Å². The highest BCUT2D eigenvalue weighted by Crippen LogP contribution is 2.12. The minimum atomic E-state index is 0.116. The Bertz CT molecular complexity index is 207. The van der Waals surface area contributed by atoms with Gasteiger partial charge < -0.3 is 9.26 Å². The summed E-state index contributed by atoms with van der Waals surface area (Å²) in [6.45, 7) is 5.61. The minimum Gasteiger partial charge on any atom is -0.471 e. The van der Waals surface area contributed by atoms with Gasteiger partial charge in [-0.25, -0.2) is 0 Å². The van der Waals surface area contributed by atoms with Gasteiger partial charge in [0.1, 0.15) is 0 Å². The van der Waals surface area contributed by atoms with E-state index in [1.165, 1.54) is 0 Å². The molecule has 0 amide bonds. The first-order valence-electron chi connectivity index (χ1n) is 3.15. The van der Waals surface area contributed by atoms with Crippen molar-refractivity contribution in [1.82, 2.24) is 10.4 Å². The summed E-state index contributed by atoms with van der Waals surface area (Å²) in [4.78, 5) is 0. The van der Waals surface area contributed by atoms with Crippen molar-refractivity contribution in [3.05, 3.63) is 5.76 Å². The van der Waals surface area contributed by atoms with E-state index >= 15 is 0 Å². The zero-order valence-electron chi connectivity index (χ0n) is 6.29. The van der Waals surface area contributed by atoms with Crippen LogP contribution in [-0.4, -0.2) is 16.5 Å². The Hall–Kier alpha value is -1.06. The van der Waals surface area contributed by atoms with Crippen LogP contribution in [0, 0.1) is 6.92 Å². The Morgan fingerprint density at radius 2 is 2.20 bits per heavy atom. The number of nitrogens with zero attached hydrogens (tertiary/aromatic N) is 2. The minimum absolute atomic E-state index is 0.116. The van der Waals surface area contributed by atoms with Crippen molar-refractivity contribution in [3.8, 4) is 5.88 Å². The van der Waals surface area contributed by atoms with Gasteiger partial charge in [0.15, 0.2) is 5.76 Å². The summed E-state index contributed by atoms with van der Waals surface area (Å²) >= 11 is 0. The highest BCUT2D eigenvalue weighted by molar-refractivity contribution is 5.09. The second kappa shape index (κ2) is 2.68. The Morgan fingerprint density at radius 3 is 2.60 bits per heavy atom. The summed E-state index contributed by atoms with van der Waals surface area (Å²) in [6.07, 6.45) is 0.116. The average molecular weight is 142 g/mol. The van der Waals surface area contributed by atoms with Crippen LogP contribution < -0.4 is 4.74 Å². The molecule has 0 radical (unpaired) electrons. The molecule has 4 nitrogen and oxygen atoms in total. The van der Waals surface area contributed by atoms with Gasteiger partial charge in [-0.2, -0.15) is 0 Å². The summed E-state index contributed by atoms with van der Waals surface area (Å²) in [5, 5.41) is 6.94. The smallest absolute Gasteiger partial charge is 0.278 e. The van der Waals surface area contributed by atoms with Crippen LogP contribution in [0.25, 0.3) is 0 Å². The molecule has 0 aliphatic rings. The molecular formula is C6H10N2O2. The summed E-state index contributed by atoms with van der Waals surface area (Å²) in [5.41, 5.74) is 0. The van der Waals surface area contributed by atoms with Crippen LogP contribution >= 0.6 is 0 Å². The molecule has 0 aliphatic heterocycles. The maximum Gasteiger partial charge on any atom is 0.278 e. The van der Waals surface area contributed by atoms with Gasteiger partial charge in [0, 0.05) is 12.2 Å². The molecule has 0 fully saturated rings. The van der Waals surface area contributed by atoms with E-state index in [1.54, 1.807) is 6.92 Å². The molecular weight excluding hydrogens is 132 g/mol. The highest BCUT2D eigenvalue weighted by atomic mass is 16.5. The Kier molecular flexibility index (Phi) is 1.89. The molecule has 0 saturated heterocycles. The summed E-state index contributed by atoms with van der Waals surface area (Å²) in [6, 6.07) is 0. The number of hydrogen-bond donors (Lipinski definition) is 0. The van der Waals surface area contributed by atoms with Crippen molar-refractivity contribution in [1.29, 1.82) is 0 Å². The zero-order valence-corrected chi connectivity index (χ0v) is 6.29. The molecule has 4 heteroatoms. The maximum atomic E-state index is 5.22. The van der Waals surface area contributed by atoms with Crippen LogP contribution in [0.1, 0.15) is 19.6 Å². The molecule has 1 aromatic rings.